The lowest BCUT2D eigenvalue weighted by Gasteiger charge is -2.14. The van der Waals surface area contributed by atoms with Crippen LogP contribution >= 0.6 is 11.8 Å². The smallest absolute Gasteiger partial charge is 0.124 e. The predicted molar refractivity (Wildman–Crippen MR) is 94.4 cm³/mol. The number of rotatable bonds is 9. The highest BCUT2D eigenvalue weighted by Gasteiger charge is 2.08. The Kier molecular flexibility index (Phi) is 6.90. The molecule has 0 bridgehead atoms. The van der Waals surface area contributed by atoms with Crippen molar-refractivity contribution in [1.82, 2.24) is 5.32 Å². The molecule has 21 heavy (non-hydrogen) atoms. The van der Waals surface area contributed by atoms with Crippen LogP contribution in [0, 0.1) is 0 Å². The van der Waals surface area contributed by atoms with Gasteiger partial charge in [-0.05, 0) is 41.3 Å². The zero-order valence-electron chi connectivity index (χ0n) is 13.0. The van der Waals surface area contributed by atoms with E-state index in [0.717, 1.165) is 31.9 Å². The van der Waals surface area contributed by atoms with Gasteiger partial charge in [-0.3, -0.25) is 0 Å². The van der Waals surface area contributed by atoms with Crippen LogP contribution < -0.4 is 10.1 Å². The molecule has 0 unspecified atom stereocenters. The van der Waals surface area contributed by atoms with Gasteiger partial charge >= 0.3 is 0 Å². The van der Waals surface area contributed by atoms with Crippen LogP contribution in [0.4, 0.5) is 0 Å². The number of hydrogen-bond donors (Lipinski definition) is 1. The molecule has 0 radical (unpaired) electrons. The molecule has 0 fully saturated rings. The van der Waals surface area contributed by atoms with Crippen LogP contribution in [-0.4, -0.2) is 24.7 Å². The van der Waals surface area contributed by atoms with Gasteiger partial charge in [-0.25, -0.2) is 0 Å². The third-order valence-electron chi connectivity index (χ3n) is 3.44. The summed E-state index contributed by atoms with van der Waals surface area (Å²) in [6.45, 7) is 6.95. The highest BCUT2D eigenvalue weighted by molar-refractivity contribution is 7.99. The number of fused-ring (bicyclic) bond motifs is 1. The van der Waals surface area contributed by atoms with Crippen molar-refractivity contribution in [3.63, 3.8) is 0 Å². The van der Waals surface area contributed by atoms with Crippen LogP contribution in [0.15, 0.2) is 36.4 Å². The summed E-state index contributed by atoms with van der Waals surface area (Å²) in [7, 11) is 0. The lowest BCUT2D eigenvalue weighted by Crippen LogP contribution is -2.13. The minimum Gasteiger partial charge on any atom is -0.493 e. The topological polar surface area (TPSA) is 21.3 Å². The van der Waals surface area contributed by atoms with Crippen LogP contribution in [0.2, 0.25) is 0 Å². The van der Waals surface area contributed by atoms with Crippen molar-refractivity contribution in [2.45, 2.75) is 26.8 Å². The third kappa shape index (κ3) is 4.65. The van der Waals surface area contributed by atoms with Gasteiger partial charge in [0.15, 0.2) is 0 Å². The maximum atomic E-state index is 6.04. The van der Waals surface area contributed by atoms with E-state index in [9.17, 15) is 0 Å². The van der Waals surface area contributed by atoms with E-state index in [-0.39, 0.29) is 0 Å². The van der Waals surface area contributed by atoms with Crippen LogP contribution in [0.5, 0.6) is 5.75 Å². The van der Waals surface area contributed by atoms with E-state index in [4.69, 9.17) is 4.74 Å². The summed E-state index contributed by atoms with van der Waals surface area (Å²) in [5, 5.41) is 5.99. The van der Waals surface area contributed by atoms with Crippen molar-refractivity contribution in [2.24, 2.45) is 0 Å². The lowest BCUT2D eigenvalue weighted by molar-refractivity contribution is 0.315. The van der Waals surface area contributed by atoms with Gasteiger partial charge in [0, 0.05) is 12.1 Å². The molecule has 0 aliphatic heterocycles. The van der Waals surface area contributed by atoms with E-state index in [2.05, 4.69) is 55.6 Å². The third-order valence-corrected chi connectivity index (χ3v) is 4.43. The van der Waals surface area contributed by atoms with Gasteiger partial charge in [-0.1, -0.05) is 44.2 Å². The SMILES string of the molecule is CCNCc1c(OCCCSCC)ccc2ccccc12. The molecule has 2 nitrogen and oxygen atoms in total. The van der Waals surface area contributed by atoms with Crippen molar-refractivity contribution in [3.8, 4) is 5.75 Å². The van der Waals surface area contributed by atoms with E-state index in [1.54, 1.807) is 0 Å². The average molecular weight is 303 g/mol. The molecule has 0 aliphatic rings. The summed E-state index contributed by atoms with van der Waals surface area (Å²) < 4.78 is 6.04. The van der Waals surface area contributed by atoms with E-state index in [1.165, 1.54) is 27.8 Å². The highest BCUT2D eigenvalue weighted by Crippen LogP contribution is 2.28. The quantitative estimate of drug-likeness (QED) is 0.691. The second-order valence-electron chi connectivity index (χ2n) is 4.94. The Morgan fingerprint density at radius 3 is 2.76 bits per heavy atom. The molecule has 0 aliphatic carbocycles. The van der Waals surface area contributed by atoms with Gasteiger partial charge in [0.25, 0.3) is 0 Å². The minimum atomic E-state index is 0.796. The molecule has 0 saturated carbocycles. The maximum Gasteiger partial charge on any atom is 0.124 e. The van der Waals surface area contributed by atoms with E-state index in [0.29, 0.717) is 0 Å². The van der Waals surface area contributed by atoms with Crippen LogP contribution in [0.25, 0.3) is 10.8 Å². The minimum absolute atomic E-state index is 0.796. The van der Waals surface area contributed by atoms with Crippen LogP contribution in [0.1, 0.15) is 25.8 Å². The first-order valence-electron chi connectivity index (χ1n) is 7.78. The molecule has 1 N–H and O–H groups in total. The number of nitrogens with one attached hydrogen (secondary N) is 1. The molecule has 2 aromatic rings. The Hall–Kier alpha value is -1.19. The first kappa shape index (κ1) is 16.2. The lowest BCUT2D eigenvalue weighted by atomic mass is 10.0. The summed E-state index contributed by atoms with van der Waals surface area (Å²) in [4.78, 5) is 0. The van der Waals surface area contributed by atoms with E-state index >= 15 is 0 Å². The van der Waals surface area contributed by atoms with Crippen LogP contribution in [-0.2, 0) is 6.54 Å². The average Bonchev–Trinajstić information content (AvgIpc) is 2.53. The molecular weight excluding hydrogens is 278 g/mol. The van der Waals surface area contributed by atoms with Crippen molar-refractivity contribution in [1.29, 1.82) is 0 Å². The van der Waals surface area contributed by atoms with Gasteiger partial charge < -0.3 is 10.1 Å². The van der Waals surface area contributed by atoms with Gasteiger partial charge in [0.1, 0.15) is 5.75 Å². The van der Waals surface area contributed by atoms with Crippen LogP contribution in [0.3, 0.4) is 0 Å². The zero-order chi connectivity index (χ0) is 14.9. The fraction of sp³-hybridized carbons (Fsp3) is 0.444. The molecular formula is C18H25NOS. The standard InChI is InChI=1S/C18H25NOS/c1-3-19-14-17-16-9-6-5-8-15(16)10-11-18(17)20-12-7-13-21-4-2/h5-6,8-11,19H,3-4,7,12-14H2,1-2H3. The fourth-order valence-electron chi connectivity index (χ4n) is 2.37. The summed E-state index contributed by atoms with van der Waals surface area (Å²) in [6.07, 6.45) is 1.10. The summed E-state index contributed by atoms with van der Waals surface area (Å²) in [6, 6.07) is 12.8. The molecule has 114 valence electrons. The van der Waals surface area contributed by atoms with Gasteiger partial charge in [0.05, 0.1) is 6.61 Å². The number of ether oxygens (including phenoxy) is 1. The molecule has 0 aromatic heterocycles. The van der Waals surface area contributed by atoms with E-state index in [1.807, 2.05) is 11.8 Å². The molecule has 0 heterocycles. The Bertz CT molecular complexity index is 556. The van der Waals surface area contributed by atoms with Gasteiger partial charge in [0.2, 0.25) is 0 Å². The first-order chi connectivity index (χ1) is 10.4. The molecule has 2 aromatic carbocycles. The molecule has 0 amide bonds. The summed E-state index contributed by atoms with van der Waals surface area (Å²) >= 11 is 1.97. The molecule has 3 heteroatoms. The second kappa shape index (κ2) is 8.96. The second-order valence-corrected chi connectivity index (χ2v) is 6.34. The molecule has 2 rings (SSSR count). The van der Waals surface area contributed by atoms with Crippen molar-refractivity contribution >= 4 is 22.5 Å². The Morgan fingerprint density at radius 1 is 1.10 bits per heavy atom. The van der Waals surface area contributed by atoms with Crippen molar-refractivity contribution in [2.75, 3.05) is 24.7 Å². The Morgan fingerprint density at radius 2 is 1.95 bits per heavy atom. The Balaban J connectivity index is 2.13. The fourth-order valence-corrected chi connectivity index (χ4v) is 2.98. The number of thioether (sulfide) groups is 1. The van der Waals surface area contributed by atoms with E-state index < -0.39 is 0 Å². The molecule has 0 atom stereocenters. The van der Waals surface area contributed by atoms with Crippen molar-refractivity contribution in [3.05, 3.63) is 42.0 Å². The summed E-state index contributed by atoms with van der Waals surface area (Å²) in [5.41, 5.74) is 1.28. The zero-order valence-corrected chi connectivity index (χ0v) is 13.8. The largest absolute Gasteiger partial charge is 0.493 e. The number of hydrogen-bond acceptors (Lipinski definition) is 3. The van der Waals surface area contributed by atoms with Gasteiger partial charge in [-0.2, -0.15) is 11.8 Å². The maximum absolute atomic E-state index is 6.04. The molecule has 0 saturated heterocycles. The number of benzene rings is 2. The normalized spacial score (nSPS) is 11.0. The highest BCUT2D eigenvalue weighted by atomic mass is 32.2. The summed E-state index contributed by atoms with van der Waals surface area (Å²) in [5.74, 6) is 3.38. The first-order valence-corrected chi connectivity index (χ1v) is 8.94. The van der Waals surface area contributed by atoms with Gasteiger partial charge in [-0.15, -0.1) is 0 Å². The predicted octanol–water partition coefficient (Wildman–Crippen LogP) is 4.47. The van der Waals surface area contributed by atoms with Crippen molar-refractivity contribution < 1.29 is 4.74 Å². The Labute approximate surface area is 132 Å². The molecule has 0 spiro atoms. The monoisotopic (exact) mass is 303 g/mol.